The quantitative estimate of drug-likeness (QED) is 0.820. The van der Waals surface area contributed by atoms with E-state index in [4.69, 9.17) is 22.1 Å². The van der Waals surface area contributed by atoms with Crippen LogP contribution < -0.4 is 16.0 Å². The molecule has 1 amide bonds. The van der Waals surface area contributed by atoms with Crippen LogP contribution in [-0.4, -0.2) is 38.3 Å². The second-order valence-electron chi connectivity index (χ2n) is 4.39. The molecule has 0 saturated carbocycles. The Morgan fingerprint density at radius 3 is 3.11 bits per heavy atom. The third-order valence-corrected chi connectivity index (χ3v) is 3.37. The number of carbonyl (C=O) groups excluding carboxylic acids is 1. The van der Waals surface area contributed by atoms with E-state index in [0.717, 1.165) is 5.69 Å². The van der Waals surface area contributed by atoms with Gasteiger partial charge in [0.05, 0.1) is 23.9 Å². The molecule has 0 aliphatic carbocycles. The Morgan fingerprint density at radius 2 is 2.42 bits per heavy atom. The Kier molecular flexibility index (Phi) is 4.50. The van der Waals surface area contributed by atoms with E-state index in [1.54, 1.807) is 12.1 Å². The molecule has 2 rings (SSSR count). The van der Waals surface area contributed by atoms with Crippen molar-refractivity contribution in [1.82, 2.24) is 5.32 Å². The molecule has 1 heterocycles. The van der Waals surface area contributed by atoms with Gasteiger partial charge in [-0.15, -0.1) is 0 Å². The van der Waals surface area contributed by atoms with Crippen LogP contribution in [0.2, 0.25) is 5.02 Å². The van der Waals surface area contributed by atoms with Crippen molar-refractivity contribution in [3.8, 4) is 0 Å². The molecule has 0 aromatic heterocycles. The molecule has 1 atom stereocenters. The van der Waals surface area contributed by atoms with E-state index in [9.17, 15) is 4.79 Å². The molecule has 3 N–H and O–H groups in total. The fraction of sp³-hybridized carbons (Fsp3) is 0.462. The van der Waals surface area contributed by atoms with Gasteiger partial charge in [-0.05, 0) is 25.1 Å². The van der Waals surface area contributed by atoms with Crippen molar-refractivity contribution in [2.75, 3.05) is 36.9 Å². The van der Waals surface area contributed by atoms with Crippen molar-refractivity contribution >= 4 is 28.9 Å². The van der Waals surface area contributed by atoms with Gasteiger partial charge in [-0.2, -0.15) is 0 Å². The smallest absolute Gasteiger partial charge is 0.245 e. The van der Waals surface area contributed by atoms with E-state index in [-0.39, 0.29) is 11.9 Å². The van der Waals surface area contributed by atoms with E-state index in [2.05, 4.69) is 5.32 Å². The first kappa shape index (κ1) is 14.0. The summed E-state index contributed by atoms with van der Waals surface area (Å²) in [5.41, 5.74) is 7.12. The number of hydrogen-bond donors (Lipinski definition) is 2. The number of likely N-dealkylation sites (N-methyl/N-ethyl adjacent to an activating group) is 1. The summed E-state index contributed by atoms with van der Waals surface area (Å²) < 4.78 is 5.39. The number of halogens is 1. The number of nitrogens with two attached hydrogens (primary N) is 1. The number of morpholine rings is 1. The molecule has 104 valence electrons. The van der Waals surface area contributed by atoms with Crippen molar-refractivity contribution in [2.24, 2.45) is 0 Å². The maximum absolute atomic E-state index is 12.1. The highest BCUT2D eigenvalue weighted by Crippen LogP contribution is 2.30. The van der Waals surface area contributed by atoms with Gasteiger partial charge in [-0.3, -0.25) is 4.79 Å². The predicted molar refractivity (Wildman–Crippen MR) is 76.5 cm³/mol. The van der Waals surface area contributed by atoms with E-state index < -0.39 is 0 Å². The van der Waals surface area contributed by atoms with Gasteiger partial charge in [-0.1, -0.05) is 11.6 Å². The number of nitrogens with one attached hydrogen (secondary N) is 1. The largest absolute Gasteiger partial charge is 0.399 e. The van der Waals surface area contributed by atoms with E-state index in [1.807, 2.05) is 17.9 Å². The monoisotopic (exact) mass is 283 g/mol. The molecule has 1 aromatic rings. The lowest BCUT2D eigenvalue weighted by atomic mass is 10.1. The SMILES string of the molecule is CCNC(=O)C1COCCN1c1ccc(N)cc1Cl. The standard InChI is InChI=1S/C13H18ClN3O2/c1-2-16-13(18)12-8-19-6-5-17(12)11-4-3-9(15)7-10(11)14/h3-4,7,12H,2,5-6,8,15H2,1H3,(H,16,18). The number of ether oxygens (including phenoxy) is 1. The van der Waals surface area contributed by atoms with Gasteiger partial charge < -0.3 is 20.7 Å². The Balaban J connectivity index is 2.26. The predicted octanol–water partition coefficient (Wildman–Crippen LogP) is 1.26. The molecule has 1 aliphatic heterocycles. The van der Waals surface area contributed by atoms with Crippen molar-refractivity contribution in [3.63, 3.8) is 0 Å². The second-order valence-corrected chi connectivity index (χ2v) is 4.80. The zero-order chi connectivity index (χ0) is 13.8. The normalized spacial score (nSPS) is 19.3. The van der Waals surface area contributed by atoms with Gasteiger partial charge in [0.25, 0.3) is 0 Å². The highest BCUT2D eigenvalue weighted by atomic mass is 35.5. The van der Waals surface area contributed by atoms with Crippen LogP contribution in [0.1, 0.15) is 6.92 Å². The third-order valence-electron chi connectivity index (χ3n) is 3.06. The molecule has 1 aliphatic rings. The van der Waals surface area contributed by atoms with Crippen LogP contribution in [0.3, 0.4) is 0 Å². The minimum atomic E-state index is -0.352. The molecule has 1 fully saturated rings. The lowest BCUT2D eigenvalue weighted by Crippen LogP contribution is -2.54. The number of rotatable bonds is 3. The van der Waals surface area contributed by atoms with Gasteiger partial charge >= 0.3 is 0 Å². The average Bonchev–Trinajstić information content (AvgIpc) is 2.39. The lowest BCUT2D eigenvalue weighted by Gasteiger charge is -2.36. The van der Waals surface area contributed by atoms with Gasteiger partial charge in [-0.25, -0.2) is 0 Å². The molecular formula is C13H18ClN3O2. The lowest BCUT2D eigenvalue weighted by molar-refractivity contribution is -0.124. The molecule has 6 heteroatoms. The van der Waals surface area contributed by atoms with Crippen molar-refractivity contribution in [1.29, 1.82) is 0 Å². The zero-order valence-electron chi connectivity index (χ0n) is 10.9. The highest BCUT2D eigenvalue weighted by molar-refractivity contribution is 6.33. The molecule has 1 saturated heterocycles. The van der Waals surface area contributed by atoms with E-state index >= 15 is 0 Å². The van der Waals surface area contributed by atoms with Gasteiger partial charge in [0.2, 0.25) is 5.91 Å². The zero-order valence-corrected chi connectivity index (χ0v) is 11.6. The minimum Gasteiger partial charge on any atom is -0.399 e. The third kappa shape index (κ3) is 3.11. The highest BCUT2D eigenvalue weighted by Gasteiger charge is 2.30. The van der Waals surface area contributed by atoms with Crippen LogP contribution in [0.25, 0.3) is 0 Å². The number of amides is 1. The van der Waals surface area contributed by atoms with Crippen LogP contribution in [0.15, 0.2) is 18.2 Å². The van der Waals surface area contributed by atoms with Crippen LogP contribution in [0.4, 0.5) is 11.4 Å². The number of nitrogens with zero attached hydrogens (tertiary/aromatic N) is 1. The molecular weight excluding hydrogens is 266 g/mol. The summed E-state index contributed by atoms with van der Waals surface area (Å²) >= 11 is 6.22. The fourth-order valence-electron chi connectivity index (χ4n) is 2.16. The molecule has 1 unspecified atom stereocenters. The van der Waals surface area contributed by atoms with Gasteiger partial charge in [0, 0.05) is 18.8 Å². The molecule has 0 radical (unpaired) electrons. The Labute approximate surface area is 117 Å². The Hall–Kier alpha value is -1.46. The maximum Gasteiger partial charge on any atom is 0.245 e. The van der Waals surface area contributed by atoms with Gasteiger partial charge in [0.15, 0.2) is 0 Å². The topological polar surface area (TPSA) is 67.6 Å². The molecule has 1 aromatic carbocycles. The summed E-state index contributed by atoms with van der Waals surface area (Å²) in [4.78, 5) is 14.0. The fourth-order valence-corrected chi connectivity index (χ4v) is 2.45. The second kappa shape index (κ2) is 6.12. The van der Waals surface area contributed by atoms with Crippen LogP contribution >= 0.6 is 11.6 Å². The summed E-state index contributed by atoms with van der Waals surface area (Å²) in [6.45, 7) is 4.06. The van der Waals surface area contributed by atoms with Crippen molar-refractivity contribution < 1.29 is 9.53 Å². The first-order valence-corrected chi connectivity index (χ1v) is 6.68. The minimum absolute atomic E-state index is 0.0462. The van der Waals surface area contributed by atoms with Crippen LogP contribution in [-0.2, 0) is 9.53 Å². The molecule has 19 heavy (non-hydrogen) atoms. The summed E-state index contributed by atoms with van der Waals surface area (Å²) in [5.74, 6) is -0.0462. The molecule has 0 spiro atoms. The van der Waals surface area contributed by atoms with Crippen LogP contribution in [0, 0.1) is 0 Å². The number of nitrogen functional groups attached to an aromatic ring is 1. The number of benzene rings is 1. The summed E-state index contributed by atoms with van der Waals surface area (Å²) in [6, 6.07) is 4.97. The Bertz CT molecular complexity index is 467. The van der Waals surface area contributed by atoms with E-state index in [1.165, 1.54) is 0 Å². The summed E-state index contributed by atoms with van der Waals surface area (Å²) in [5, 5.41) is 3.37. The first-order valence-electron chi connectivity index (χ1n) is 6.30. The van der Waals surface area contributed by atoms with Crippen LogP contribution in [0.5, 0.6) is 0 Å². The average molecular weight is 284 g/mol. The van der Waals surface area contributed by atoms with Crippen molar-refractivity contribution in [2.45, 2.75) is 13.0 Å². The first-order chi connectivity index (χ1) is 9.13. The Morgan fingerprint density at radius 1 is 1.63 bits per heavy atom. The van der Waals surface area contributed by atoms with Crippen molar-refractivity contribution in [3.05, 3.63) is 23.2 Å². The summed E-state index contributed by atoms with van der Waals surface area (Å²) in [6.07, 6.45) is 0. The molecule has 0 bridgehead atoms. The van der Waals surface area contributed by atoms with Gasteiger partial charge in [0.1, 0.15) is 6.04 Å². The summed E-state index contributed by atoms with van der Waals surface area (Å²) in [7, 11) is 0. The molecule has 5 nitrogen and oxygen atoms in total. The maximum atomic E-state index is 12.1. The number of anilines is 2. The van der Waals surface area contributed by atoms with E-state index in [0.29, 0.717) is 37.0 Å². The number of carbonyl (C=O) groups is 1. The number of hydrogen-bond acceptors (Lipinski definition) is 4.